The van der Waals surface area contributed by atoms with Gasteiger partial charge in [-0.2, -0.15) is 0 Å². The number of amides is 3. The minimum absolute atomic E-state index is 0.0462. The van der Waals surface area contributed by atoms with E-state index in [9.17, 15) is 9.59 Å². The highest BCUT2D eigenvalue weighted by molar-refractivity contribution is 5.88. The van der Waals surface area contributed by atoms with E-state index in [0.717, 1.165) is 19.1 Å². The zero-order valence-electron chi connectivity index (χ0n) is 14.0. The predicted molar refractivity (Wildman–Crippen MR) is 86.9 cm³/mol. The third-order valence-corrected chi connectivity index (χ3v) is 6.22. The normalized spacial score (nSPS) is 38.1. The molecule has 2 bridgehead atoms. The molecule has 0 radical (unpaired) electrons. The fourth-order valence-electron chi connectivity index (χ4n) is 4.73. The lowest BCUT2D eigenvalue weighted by Gasteiger charge is -2.48. The third kappa shape index (κ3) is 2.93. The third-order valence-electron chi connectivity index (χ3n) is 6.22. The molecule has 0 aromatic carbocycles. The van der Waals surface area contributed by atoms with E-state index in [4.69, 9.17) is 0 Å². The van der Waals surface area contributed by atoms with Crippen molar-refractivity contribution in [2.45, 2.75) is 57.2 Å². The first kappa shape index (κ1) is 15.2. The summed E-state index contributed by atoms with van der Waals surface area (Å²) in [5, 5.41) is 6.12. The number of piperazine rings is 1. The number of hydrogen-bond acceptors (Lipinski definition) is 3. The zero-order chi connectivity index (χ0) is 16.0. The van der Waals surface area contributed by atoms with Crippen molar-refractivity contribution in [2.24, 2.45) is 11.8 Å². The Kier molecular flexibility index (Phi) is 3.95. The molecule has 4 aliphatic rings. The van der Waals surface area contributed by atoms with Crippen LogP contribution in [0.25, 0.3) is 0 Å². The van der Waals surface area contributed by atoms with Crippen LogP contribution in [0.4, 0.5) is 4.79 Å². The largest absolute Gasteiger partial charge is 0.353 e. The predicted octanol–water partition coefficient (Wildman–Crippen LogP) is 0.779. The second kappa shape index (κ2) is 5.96. The van der Waals surface area contributed by atoms with E-state index >= 15 is 0 Å². The molecular weight excluding hydrogens is 292 g/mol. The summed E-state index contributed by atoms with van der Waals surface area (Å²) in [6.45, 7) is 5.26. The van der Waals surface area contributed by atoms with Crippen LogP contribution < -0.4 is 10.6 Å². The van der Waals surface area contributed by atoms with Crippen molar-refractivity contribution in [3.63, 3.8) is 0 Å². The zero-order valence-corrected chi connectivity index (χ0v) is 14.0. The molecule has 2 aliphatic carbocycles. The summed E-state index contributed by atoms with van der Waals surface area (Å²) in [5.74, 6) is 1.12. The van der Waals surface area contributed by atoms with Crippen LogP contribution in [0.3, 0.4) is 0 Å². The molecule has 3 atom stereocenters. The van der Waals surface area contributed by atoms with Crippen LogP contribution in [0.5, 0.6) is 0 Å². The topological polar surface area (TPSA) is 64.7 Å². The summed E-state index contributed by atoms with van der Waals surface area (Å²) >= 11 is 0. The van der Waals surface area contributed by atoms with Crippen LogP contribution in [-0.4, -0.2) is 66.0 Å². The number of rotatable bonds is 2. The second-order valence-corrected chi connectivity index (χ2v) is 7.77. The number of nitrogens with one attached hydrogen (secondary N) is 2. The summed E-state index contributed by atoms with van der Waals surface area (Å²) in [6, 6.07) is 0.702. The van der Waals surface area contributed by atoms with E-state index < -0.39 is 0 Å². The number of nitrogens with zero attached hydrogens (tertiary/aromatic N) is 2. The molecule has 2 N–H and O–H groups in total. The van der Waals surface area contributed by atoms with Crippen LogP contribution in [-0.2, 0) is 4.79 Å². The van der Waals surface area contributed by atoms with Gasteiger partial charge in [0.2, 0.25) is 5.91 Å². The number of piperidine rings is 1. The van der Waals surface area contributed by atoms with Gasteiger partial charge in [-0.1, -0.05) is 6.42 Å². The SMILES string of the molecule is C[C@H]1C(=O)NCCN1C(=O)NC1[C@H]2CCC[C@H]1CN(C1CC1)C2. The van der Waals surface area contributed by atoms with E-state index in [1.807, 2.05) is 6.92 Å². The number of carbonyl (C=O) groups excluding carboxylic acids is 2. The Bertz CT molecular complexity index is 479. The van der Waals surface area contributed by atoms with E-state index in [-0.39, 0.29) is 18.0 Å². The van der Waals surface area contributed by atoms with E-state index in [1.165, 1.54) is 32.1 Å². The average Bonchev–Trinajstić information content (AvgIpc) is 3.34. The Morgan fingerprint density at radius 1 is 1.17 bits per heavy atom. The van der Waals surface area contributed by atoms with E-state index in [1.54, 1.807) is 4.90 Å². The van der Waals surface area contributed by atoms with Crippen molar-refractivity contribution in [1.29, 1.82) is 0 Å². The number of hydrogen-bond donors (Lipinski definition) is 2. The molecule has 2 saturated heterocycles. The Labute approximate surface area is 137 Å². The van der Waals surface area contributed by atoms with Gasteiger partial charge in [-0.25, -0.2) is 4.79 Å². The second-order valence-electron chi connectivity index (χ2n) is 7.77. The lowest BCUT2D eigenvalue weighted by Crippen LogP contribution is -2.63. The van der Waals surface area contributed by atoms with Crippen molar-refractivity contribution in [1.82, 2.24) is 20.4 Å². The van der Waals surface area contributed by atoms with Crippen molar-refractivity contribution in [3.05, 3.63) is 0 Å². The van der Waals surface area contributed by atoms with Crippen LogP contribution in [0.2, 0.25) is 0 Å². The molecule has 4 rings (SSSR count). The molecule has 2 saturated carbocycles. The minimum atomic E-state index is -0.366. The summed E-state index contributed by atoms with van der Waals surface area (Å²) in [4.78, 5) is 28.8. The molecular formula is C17H28N4O2. The summed E-state index contributed by atoms with van der Waals surface area (Å²) in [6.07, 6.45) is 6.46. The van der Waals surface area contributed by atoms with Gasteiger partial charge in [0.05, 0.1) is 0 Å². The smallest absolute Gasteiger partial charge is 0.318 e. The summed E-state index contributed by atoms with van der Waals surface area (Å²) in [7, 11) is 0. The standard InChI is InChI=1S/C17H28N4O2/c1-11-16(22)18-7-8-21(11)17(23)19-15-12-3-2-4-13(15)10-20(9-12)14-5-6-14/h11-15H,2-10H2,1H3,(H,18,22)(H,19,23)/t11-,12-,13-/m0/s1. The number of urea groups is 1. The highest BCUT2D eigenvalue weighted by Gasteiger charge is 2.44. The van der Waals surface area contributed by atoms with Gasteiger partial charge in [0.1, 0.15) is 6.04 Å². The molecule has 2 heterocycles. The molecule has 6 heteroatoms. The monoisotopic (exact) mass is 320 g/mol. The Hall–Kier alpha value is -1.30. The summed E-state index contributed by atoms with van der Waals surface area (Å²) in [5.41, 5.74) is 0. The maximum atomic E-state index is 12.7. The van der Waals surface area contributed by atoms with Crippen molar-refractivity contribution in [2.75, 3.05) is 26.2 Å². The maximum absolute atomic E-state index is 12.7. The van der Waals surface area contributed by atoms with Gasteiger partial charge in [0, 0.05) is 38.3 Å². The lowest BCUT2D eigenvalue weighted by atomic mass is 9.73. The quantitative estimate of drug-likeness (QED) is 0.790. The Morgan fingerprint density at radius 3 is 2.52 bits per heavy atom. The molecule has 128 valence electrons. The Balaban J connectivity index is 1.41. The van der Waals surface area contributed by atoms with Crippen molar-refractivity contribution < 1.29 is 9.59 Å². The number of fused-ring (bicyclic) bond motifs is 2. The number of carbonyl (C=O) groups is 2. The molecule has 0 spiro atoms. The fraction of sp³-hybridized carbons (Fsp3) is 0.882. The molecule has 23 heavy (non-hydrogen) atoms. The van der Waals surface area contributed by atoms with E-state index in [0.29, 0.717) is 31.0 Å². The lowest BCUT2D eigenvalue weighted by molar-refractivity contribution is -0.127. The first-order valence-corrected chi connectivity index (χ1v) is 9.22. The van der Waals surface area contributed by atoms with Crippen LogP contribution in [0, 0.1) is 11.8 Å². The highest BCUT2D eigenvalue weighted by Crippen LogP contribution is 2.39. The first-order chi connectivity index (χ1) is 11.1. The van der Waals surface area contributed by atoms with Gasteiger partial charge in [0.15, 0.2) is 0 Å². The summed E-state index contributed by atoms with van der Waals surface area (Å²) < 4.78 is 0. The molecule has 6 nitrogen and oxygen atoms in total. The van der Waals surface area contributed by atoms with Gasteiger partial charge in [-0.15, -0.1) is 0 Å². The molecule has 2 aliphatic heterocycles. The van der Waals surface area contributed by atoms with Gasteiger partial charge >= 0.3 is 6.03 Å². The van der Waals surface area contributed by atoms with Crippen LogP contribution >= 0.6 is 0 Å². The molecule has 3 amide bonds. The Morgan fingerprint density at radius 2 is 1.87 bits per heavy atom. The molecule has 0 aromatic rings. The maximum Gasteiger partial charge on any atom is 0.318 e. The first-order valence-electron chi connectivity index (χ1n) is 9.22. The van der Waals surface area contributed by atoms with Gasteiger partial charge in [-0.05, 0) is 44.4 Å². The van der Waals surface area contributed by atoms with Crippen molar-refractivity contribution in [3.8, 4) is 0 Å². The van der Waals surface area contributed by atoms with E-state index in [2.05, 4.69) is 15.5 Å². The molecule has 0 aromatic heterocycles. The van der Waals surface area contributed by atoms with Gasteiger partial charge < -0.3 is 15.5 Å². The van der Waals surface area contributed by atoms with Crippen LogP contribution in [0.1, 0.15) is 39.0 Å². The molecule has 0 unspecified atom stereocenters. The fourth-order valence-corrected chi connectivity index (χ4v) is 4.73. The average molecular weight is 320 g/mol. The van der Waals surface area contributed by atoms with Gasteiger partial charge in [0.25, 0.3) is 0 Å². The highest BCUT2D eigenvalue weighted by atomic mass is 16.2. The number of likely N-dealkylation sites (tertiary alicyclic amines) is 1. The molecule has 4 fully saturated rings. The van der Waals surface area contributed by atoms with Crippen LogP contribution in [0.15, 0.2) is 0 Å². The van der Waals surface area contributed by atoms with Gasteiger partial charge in [-0.3, -0.25) is 9.69 Å². The minimum Gasteiger partial charge on any atom is -0.353 e. The van der Waals surface area contributed by atoms with Crippen molar-refractivity contribution >= 4 is 11.9 Å².